The molecule has 4 heteroatoms. The lowest BCUT2D eigenvalue weighted by Crippen LogP contribution is -2.31. The Labute approximate surface area is 131 Å². The summed E-state index contributed by atoms with van der Waals surface area (Å²) in [4.78, 5) is 14.5. The second-order valence-corrected chi connectivity index (χ2v) is 6.10. The Hall–Kier alpha value is -2.10. The van der Waals surface area contributed by atoms with Crippen molar-refractivity contribution in [2.75, 3.05) is 0 Å². The van der Waals surface area contributed by atoms with Gasteiger partial charge in [-0.15, -0.1) is 0 Å². The number of amides is 1. The molecule has 1 aliphatic rings. The molecule has 0 aliphatic carbocycles. The first-order chi connectivity index (χ1) is 10.7. The fourth-order valence-electron chi connectivity index (χ4n) is 3.04. The van der Waals surface area contributed by atoms with E-state index in [1.807, 2.05) is 53.0 Å². The molecule has 1 aromatic heterocycles. The van der Waals surface area contributed by atoms with Gasteiger partial charge >= 0.3 is 0 Å². The Kier molecular flexibility index (Phi) is 4.27. The van der Waals surface area contributed by atoms with Gasteiger partial charge in [-0.05, 0) is 18.6 Å². The molecule has 0 saturated carbocycles. The average Bonchev–Trinajstić information content (AvgIpc) is 3.13. The van der Waals surface area contributed by atoms with E-state index in [-0.39, 0.29) is 11.8 Å². The fourth-order valence-corrected chi connectivity index (χ4v) is 3.04. The number of aromatic nitrogens is 2. The molecule has 1 atom stereocenters. The highest BCUT2D eigenvalue weighted by Gasteiger charge is 2.29. The quantitative estimate of drug-likeness (QED) is 0.846. The number of nitrogens with zero attached hydrogens (tertiary/aromatic N) is 3. The largest absolute Gasteiger partial charge is 0.332 e. The maximum absolute atomic E-state index is 12.6. The molecule has 0 fully saturated rings. The maximum Gasteiger partial charge on any atom is 0.226 e. The minimum absolute atomic E-state index is 0.113. The average molecular weight is 297 g/mol. The second-order valence-electron chi connectivity index (χ2n) is 6.10. The molecule has 1 unspecified atom stereocenters. The van der Waals surface area contributed by atoms with Crippen molar-refractivity contribution in [3.05, 3.63) is 47.8 Å². The van der Waals surface area contributed by atoms with Crippen molar-refractivity contribution in [1.82, 2.24) is 14.7 Å². The molecule has 1 amide bonds. The number of carbonyl (C=O) groups excluding carboxylic acids is 1. The number of fused-ring (bicyclic) bond motifs is 1. The molecular weight excluding hydrogens is 274 g/mol. The number of benzene rings is 1. The van der Waals surface area contributed by atoms with Crippen LogP contribution in [0, 0.1) is 5.92 Å². The Morgan fingerprint density at radius 1 is 1.27 bits per heavy atom. The summed E-state index contributed by atoms with van der Waals surface area (Å²) in [5, 5.41) is 4.47. The van der Waals surface area contributed by atoms with Crippen LogP contribution < -0.4 is 0 Å². The highest BCUT2D eigenvalue weighted by molar-refractivity contribution is 5.79. The highest BCUT2D eigenvalue weighted by atomic mass is 16.2. The van der Waals surface area contributed by atoms with Crippen LogP contribution in [0.1, 0.15) is 44.4 Å². The van der Waals surface area contributed by atoms with Gasteiger partial charge in [0.2, 0.25) is 5.91 Å². The molecule has 0 bridgehead atoms. The van der Waals surface area contributed by atoms with Crippen molar-refractivity contribution < 1.29 is 4.79 Å². The number of unbranched alkanes of at least 4 members (excludes halogenated alkanes) is 1. The van der Waals surface area contributed by atoms with Crippen molar-refractivity contribution in [1.29, 1.82) is 0 Å². The molecule has 0 saturated heterocycles. The second kappa shape index (κ2) is 6.34. The van der Waals surface area contributed by atoms with E-state index in [0.29, 0.717) is 13.1 Å². The summed E-state index contributed by atoms with van der Waals surface area (Å²) in [7, 11) is 0. The molecule has 4 nitrogen and oxygen atoms in total. The molecule has 116 valence electrons. The van der Waals surface area contributed by atoms with Gasteiger partial charge in [-0.3, -0.25) is 4.79 Å². The van der Waals surface area contributed by atoms with Crippen molar-refractivity contribution >= 4 is 5.91 Å². The topological polar surface area (TPSA) is 38.1 Å². The van der Waals surface area contributed by atoms with Crippen LogP contribution in [0.25, 0.3) is 5.69 Å². The van der Waals surface area contributed by atoms with Crippen molar-refractivity contribution in [3.8, 4) is 5.69 Å². The van der Waals surface area contributed by atoms with E-state index in [1.54, 1.807) is 0 Å². The highest BCUT2D eigenvalue weighted by Crippen LogP contribution is 2.27. The Morgan fingerprint density at radius 3 is 2.77 bits per heavy atom. The van der Waals surface area contributed by atoms with Crippen LogP contribution in [-0.2, 0) is 17.9 Å². The summed E-state index contributed by atoms with van der Waals surface area (Å²) in [6.45, 7) is 5.57. The number of rotatable bonds is 5. The van der Waals surface area contributed by atoms with Gasteiger partial charge in [-0.2, -0.15) is 5.10 Å². The summed E-state index contributed by atoms with van der Waals surface area (Å²) < 4.78 is 1.96. The van der Waals surface area contributed by atoms with Crippen molar-refractivity contribution in [2.45, 2.75) is 46.2 Å². The molecule has 1 aromatic carbocycles. The first-order valence-electron chi connectivity index (χ1n) is 8.10. The molecule has 2 heterocycles. The van der Waals surface area contributed by atoms with Crippen LogP contribution in [0.15, 0.2) is 36.5 Å². The van der Waals surface area contributed by atoms with Crippen molar-refractivity contribution in [3.63, 3.8) is 0 Å². The lowest BCUT2D eigenvalue weighted by molar-refractivity contribution is -0.135. The van der Waals surface area contributed by atoms with E-state index in [0.717, 1.165) is 30.6 Å². The normalized spacial score (nSPS) is 14.9. The Bertz CT molecular complexity index is 648. The Morgan fingerprint density at radius 2 is 2.05 bits per heavy atom. The third kappa shape index (κ3) is 2.78. The van der Waals surface area contributed by atoms with Gasteiger partial charge in [-0.1, -0.05) is 44.9 Å². The van der Waals surface area contributed by atoms with E-state index in [2.05, 4.69) is 12.0 Å². The zero-order valence-corrected chi connectivity index (χ0v) is 13.3. The maximum atomic E-state index is 12.6. The summed E-state index contributed by atoms with van der Waals surface area (Å²) in [6, 6.07) is 10.1. The predicted molar refractivity (Wildman–Crippen MR) is 86.5 cm³/mol. The van der Waals surface area contributed by atoms with Crippen LogP contribution in [0.2, 0.25) is 0 Å². The van der Waals surface area contributed by atoms with Gasteiger partial charge in [-0.25, -0.2) is 4.68 Å². The summed E-state index contributed by atoms with van der Waals surface area (Å²) in [6.07, 6.45) is 5.13. The lowest BCUT2D eigenvalue weighted by Gasteiger charge is -2.20. The molecular formula is C18H23N3O. The summed E-state index contributed by atoms with van der Waals surface area (Å²) in [5.41, 5.74) is 3.36. The van der Waals surface area contributed by atoms with Crippen LogP contribution in [0.5, 0.6) is 0 Å². The third-order valence-electron chi connectivity index (χ3n) is 4.38. The molecule has 3 rings (SSSR count). The van der Waals surface area contributed by atoms with E-state index in [9.17, 15) is 4.79 Å². The van der Waals surface area contributed by atoms with Gasteiger partial charge in [0, 0.05) is 18.0 Å². The van der Waals surface area contributed by atoms with E-state index < -0.39 is 0 Å². The van der Waals surface area contributed by atoms with Crippen LogP contribution in [0.4, 0.5) is 0 Å². The molecule has 22 heavy (non-hydrogen) atoms. The molecule has 0 N–H and O–H groups in total. The van der Waals surface area contributed by atoms with Crippen molar-refractivity contribution in [2.24, 2.45) is 5.92 Å². The first-order valence-corrected chi connectivity index (χ1v) is 8.10. The molecule has 1 aliphatic heterocycles. The minimum atomic E-state index is 0.113. The lowest BCUT2D eigenvalue weighted by atomic mass is 10.0. The minimum Gasteiger partial charge on any atom is -0.332 e. The van der Waals surface area contributed by atoms with E-state index >= 15 is 0 Å². The SMILES string of the molecule is CCCCC(C)C(=O)N1Cc2cnn(-c3ccccc3)c2C1. The summed E-state index contributed by atoms with van der Waals surface area (Å²) in [5.74, 6) is 0.381. The van der Waals surface area contributed by atoms with Gasteiger partial charge in [0.25, 0.3) is 0 Å². The van der Waals surface area contributed by atoms with Crippen LogP contribution in [-0.4, -0.2) is 20.6 Å². The van der Waals surface area contributed by atoms with Gasteiger partial charge < -0.3 is 4.90 Å². The zero-order chi connectivity index (χ0) is 15.5. The third-order valence-corrected chi connectivity index (χ3v) is 4.38. The number of hydrogen-bond donors (Lipinski definition) is 0. The molecule has 2 aromatic rings. The van der Waals surface area contributed by atoms with Gasteiger partial charge in [0.15, 0.2) is 0 Å². The van der Waals surface area contributed by atoms with Gasteiger partial charge in [0.1, 0.15) is 0 Å². The van der Waals surface area contributed by atoms with Crippen LogP contribution in [0.3, 0.4) is 0 Å². The van der Waals surface area contributed by atoms with Crippen LogP contribution >= 0.6 is 0 Å². The van der Waals surface area contributed by atoms with E-state index in [1.165, 1.54) is 5.56 Å². The number of hydrogen-bond acceptors (Lipinski definition) is 2. The predicted octanol–water partition coefficient (Wildman–Crippen LogP) is 3.54. The first kappa shape index (κ1) is 14.8. The fraction of sp³-hybridized carbons (Fsp3) is 0.444. The standard InChI is InChI=1S/C18H23N3O/c1-3-4-8-14(2)18(22)20-12-15-11-19-21(17(15)13-20)16-9-6-5-7-10-16/h5-7,9-11,14H,3-4,8,12-13H2,1-2H3. The van der Waals surface area contributed by atoms with Gasteiger partial charge in [0.05, 0.1) is 24.1 Å². The number of para-hydroxylation sites is 1. The summed E-state index contributed by atoms with van der Waals surface area (Å²) >= 11 is 0. The molecule has 0 radical (unpaired) electrons. The molecule has 0 spiro atoms. The Balaban J connectivity index is 1.74. The van der Waals surface area contributed by atoms with E-state index in [4.69, 9.17) is 0 Å². The zero-order valence-electron chi connectivity index (χ0n) is 13.3. The number of carbonyl (C=O) groups is 1. The monoisotopic (exact) mass is 297 g/mol. The smallest absolute Gasteiger partial charge is 0.226 e.